The van der Waals surface area contributed by atoms with Crippen molar-refractivity contribution in [1.29, 1.82) is 0 Å². The van der Waals surface area contributed by atoms with Crippen LogP contribution in [0.15, 0.2) is 34.9 Å². The fourth-order valence-electron chi connectivity index (χ4n) is 3.14. The van der Waals surface area contributed by atoms with E-state index in [4.69, 9.17) is 4.42 Å². The fourth-order valence-corrected chi connectivity index (χ4v) is 3.14. The van der Waals surface area contributed by atoms with E-state index in [1.54, 1.807) is 18.4 Å². The lowest BCUT2D eigenvalue weighted by atomic mass is 9.77. The molecule has 1 saturated heterocycles. The Kier molecular flexibility index (Phi) is 4.78. The normalized spacial score (nSPS) is 18.2. The molecule has 0 amide bonds. The molecule has 1 aliphatic rings. The summed E-state index contributed by atoms with van der Waals surface area (Å²) in [6.45, 7) is 5.10. The van der Waals surface area contributed by atoms with Gasteiger partial charge in [-0.25, -0.2) is 9.37 Å². The van der Waals surface area contributed by atoms with E-state index in [1.807, 2.05) is 0 Å². The van der Waals surface area contributed by atoms with E-state index in [0.29, 0.717) is 5.89 Å². The molecule has 5 heteroatoms. The van der Waals surface area contributed by atoms with E-state index in [9.17, 15) is 9.50 Å². The zero-order valence-electron chi connectivity index (χ0n) is 13.5. The van der Waals surface area contributed by atoms with Crippen LogP contribution >= 0.6 is 0 Å². The number of rotatable bonds is 5. The molecule has 2 aromatic rings. The third kappa shape index (κ3) is 3.62. The molecule has 0 unspecified atom stereocenters. The van der Waals surface area contributed by atoms with Gasteiger partial charge in [-0.05, 0) is 62.0 Å². The molecule has 0 radical (unpaired) electrons. The van der Waals surface area contributed by atoms with Crippen molar-refractivity contribution >= 4 is 0 Å². The molecule has 0 bridgehead atoms. The van der Waals surface area contributed by atoms with Crippen LogP contribution < -0.4 is 0 Å². The topological polar surface area (TPSA) is 49.5 Å². The van der Waals surface area contributed by atoms with Crippen LogP contribution in [0.3, 0.4) is 0 Å². The van der Waals surface area contributed by atoms with Crippen LogP contribution in [0, 0.1) is 11.2 Å². The largest absolute Gasteiger partial charge is 0.444 e. The summed E-state index contributed by atoms with van der Waals surface area (Å²) in [5.74, 6) is 0.257. The van der Waals surface area contributed by atoms with Gasteiger partial charge in [0.25, 0.3) is 0 Å². The first kappa shape index (κ1) is 16.1. The first-order valence-corrected chi connectivity index (χ1v) is 8.18. The Hall–Kier alpha value is -1.72. The molecule has 0 spiro atoms. The van der Waals surface area contributed by atoms with Crippen molar-refractivity contribution in [3.05, 3.63) is 42.0 Å². The molecule has 1 aromatic carbocycles. The molecule has 0 atom stereocenters. The highest BCUT2D eigenvalue weighted by Crippen LogP contribution is 2.34. The van der Waals surface area contributed by atoms with Crippen LogP contribution in [0.4, 0.5) is 4.39 Å². The van der Waals surface area contributed by atoms with Crippen LogP contribution in [0.2, 0.25) is 0 Å². The molecule has 124 valence electrons. The number of hydrogen-bond acceptors (Lipinski definition) is 4. The molecule has 0 saturated carbocycles. The van der Waals surface area contributed by atoms with Crippen molar-refractivity contribution in [3.8, 4) is 11.5 Å². The van der Waals surface area contributed by atoms with Crippen LogP contribution in [0.25, 0.3) is 11.5 Å². The number of hydrogen-bond donors (Lipinski definition) is 1. The summed E-state index contributed by atoms with van der Waals surface area (Å²) >= 11 is 0. The summed E-state index contributed by atoms with van der Waals surface area (Å²) in [7, 11) is 0. The number of benzene rings is 1. The monoisotopic (exact) mass is 318 g/mol. The molecule has 3 rings (SSSR count). The van der Waals surface area contributed by atoms with Gasteiger partial charge in [-0.1, -0.05) is 6.92 Å². The lowest BCUT2D eigenvalue weighted by molar-refractivity contribution is 0.0378. The van der Waals surface area contributed by atoms with E-state index in [-0.39, 0.29) is 17.8 Å². The van der Waals surface area contributed by atoms with E-state index in [2.05, 4.69) is 16.8 Å². The van der Waals surface area contributed by atoms with Gasteiger partial charge in [-0.2, -0.15) is 0 Å². The molecule has 2 heterocycles. The van der Waals surface area contributed by atoms with E-state index >= 15 is 0 Å². The fraction of sp³-hybridized carbons (Fsp3) is 0.500. The van der Waals surface area contributed by atoms with Crippen molar-refractivity contribution in [1.82, 2.24) is 9.88 Å². The minimum Gasteiger partial charge on any atom is -0.444 e. The zero-order chi connectivity index (χ0) is 16.3. The zero-order valence-corrected chi connectivity index (χ0v) is 13.5. The van der Waals surface area contributed by atoms with Gasteiger partial charge < -0.3 is 9.52 Å². The van der Waals surface area contributed by atoms with Crippen LogP contribution in [-0.4, -0.2) is 34.7 Å². The summed E-state index contributed by atoms with van der Waals surface area (Å²) < 4.78 is 18.5. The predicted octanol–water partition coefficient (Wildman–Crippen LogP) is 3.47. The molecule has 23 heavy (non-hydrogen) atoms. The van der Waals surface area contributed by atoms with Gasteiger partial charge >= 0.3 is 0 Å². The molecular formula is C18H23FN2O2. The second-order valence-corrected chi connectivity index (χ2v) is 6.44. The summed E-state index contributed by atoms with van der Waals surface area (Å²) in [6, 6.07) is 6.15. The third-order valence-corrected chi connectivity index (χ3v) is 5.03. The SMILES string of the molecule is CCC1(CO)CCN(Cc2coc(-c3ccc(F)cc3)n2)CC1. The summed E-state index contributed by atoms with van der Waals surface area (Å²) in [6.07, 6.45) is 4.73. The number of aromatic nitrogens is 1. The van der Waals surface area contributed by atoms with Crippen molar-refractivity contribution in [2.24, 2.45) is 5.41 Å². The minimum atomic E-state index is -0.267. The Labute approximate surface area is 136 Å². The lowest BCUT2D eigenvalue weighted by Gasteiger charge is -2.39. The number of aliphatic hydroxyl groups is 1. The number of halogens is 1. The van der Waals surface area contributed by atoms with Crippen LogP contribution in [0.5, 0.6) is 0 Å². The molecule has 1 aromatic heterocycles. The maximum absolute atomic E-state index is 13.0. The predicted molar refractivity (Wildman–Crippen MR) is 86.2 cm³/mol. The van der Waals surface area contributed by atoms with Gasteiger partial charge in [0.15, 0.2) is 0 Å². The highest BCUT2D eigenvalue weighted by atomic mass is 19.1. The number of oxazole rings is 1. The number of piperidine rings is 1. The number of nitrogens with zero attached hydrogens (tertiary/aromatic N) is 2. The van der Waals surface area contributed by atoms with Gasteiger partial charge in [0.1, 0.15) is 12.1 Å². The Morgan fingerprint density at radius 2 is 1.96 bits per heavy atom. The smallest absolute Gasteiger partial charge is 0.226 e. The van der Waals surface area contributed by atoms with E-state index in [1.165, 1.54) is 12.1 Å². The van der Waals surface area contributed by atoms with E-state index in [0.717, 1.165) is 50.2 Å². The lowest BCUT2D eigenvalue weighted by Crippen LogP contribution is -2.41. The van der Waals surface area contributed by atoms with Gasteiger partial charge in [0.05, 0.1) is 5.69 Å². The van der Waals surface area contributed by atoms with E-state index < -0.39 is 0 Å². The van der Waals surface area contributed by atoms with Gasteiger partial charge in [0.2, 0.25) is 5.89 Å². The average Bonchev–Trinajstić information content (AvgIpc) is 3.05. The molecule has 1 aliphatic heterocycles. The number of aliphatic hydroxyl groups excluding tert-OH is 1. The second kappa shape index (κ2) is 6.81. The van der Waals surface area contributed by atoms with Crippen molar-refractivity contribution in [2.75, 3.05) is 19.7 Å². The van der Waals surface area contributed by atoms with Crippen molar-refractivity contribution in [2.45, 2.75) is 32.7 Å². The Morgan fingerprint density at radius 1 is 1.26 bits per heavy atom. The summed E-state index contributed by atoms with van der Waals surface area (Å²) in [5, 5.41) is 9.59. The summed E-state index contributed by atoms with van der Waals surface area (Å²) in [4.78, 5) is 6.84. The standard InChI is InChI=1S/C18H23FN2O2/c1-2-18(13-22)7-9-21(10-8-18)11-16-12-23-17(20-16)14-3-5-15(19)6-4-14/h3-6,12,22H,2,7-11,13H2,1H3. The molecule has 1 N–H and O–H groups in total. The molecular weight excluding hydrogens is 295 g/mol. The third-order valence-electron chi connectivity index (χ3n) is 5.03. The Morgan fingerprint density at radius 3 is 2.57 bits per heavy atom. The van der Waals surface area contributed by atoms with Crippen molar-refractivity contribution in [3.63, 3.8) is 0 Å². The first-order valence-electron chi connectivity index (χ1n) is 8.18. The summed E-state index contributed by atoms with van der Waals surface area (Å²) in [5.41, 5.74) is 1.76. The second-order valence-electron chi connectivity index (χ2n) is 6.44. The van der Waals surface area contributed by atoms with Crippen LogP contribution in [-0.2, 0) is 6.54 Å². The highest BCUT2D eigenvalue weighted by Gasteiger charge is 2.32. The quantitative estimate of drug-likeness (QED) is 0.917. The van der Waals surface area contributed by atoms with Gasteiger partial charge in [-0.15, -0.1) is 0 Å². The number of likely N-dealkylation sites (tertiary alicyclic amines) is 1. The average molecular weight is 318 g/mol. The Bertz CT molecular complexity index is 625. The maximum Gasteiger partial charge on any atom is 0.226 e. The van der Waals surface area contributed by atoms with Gasteiger partial charge in [0, 0.05) is 18.7 Å². The highest BCUT2D eigenvalue weighted by molar-refractivity contribution is 5.52. The van der Waals surface area contributed by atoms with Crippen molar-refractivity contribution < 1.29 is 13.9 Å². The van der Waals surface area contributed by atoms with Gasteiger partial charge in [-0.3, -0.25) is 4.90 Å². The van der Waals surface area contributed by atoms with Crippen LogP contribution in [0.1, 0.15) is 31.9 Å². The minimum absolute atomic E-state index is 0.0968. The molecule has 4 nitrogen and oxygen atoms in total. The first-order chi connectivity index (χ1) is 11.1. The molecule has 0 aliphatic carbocycles. The maximum atomic E-state index is 13.0. The Balaban J connectivity index is 1.61. The molecule has 1 fully saturated rings.